The first-order chi connectivity index (χ1) is 8.90. The smallest absolute Gasteiger partial charge is 0.147 e. The number of para-hydroxylation sites is 1. The highest BCUT2D eigenvalue weighted by molar-refractivity contribution is 5.83. The Morgan fingerprint density at radius 2 is 1.95 bits per heavy atom. The average Bonchev–Trinajstić information content (AvgIpc) is 2.35. The van der Waals surface area contributed by atoms with E-state index in [2.05, 4.69) is 36.7 Å². The Balaban J connectivity index is 2.50. The molecule has 1 aromatic carbocycles. The van der Waals surface area contributed by atoms with Crippen LogP contribution in [-0.4, -0.2) is 18.6 Å². The Kier molecular flexibility index (Phi) is 3.44. The molecule has 3 heteroatoms. The summed E-state index contributed by atoms with van der Waals surface area (Å²) in [7, 11) is 1.99. The zero-order valence-electron chi connectivity index (χ0n) is 11.9. The molecule has 2 rings (SSSR count). The van der Waals surface area contributed by atoms with Crippen molar-refractivity contribution in [3.8, 4) is 6.07 Å². The number of fused-ring (bicyclic) bond motifs is 1. The molecular formula is C16H19N3. The van der Waals surface area contributed by atoms with Gasteiger partial charge >= 0.3 is 0 Å². The van der Waals surface area contributed by atoms with Gasteiger partial charge in [0.15, 0.2) is 0 Å². The molecule has 0 bridgehead atoms. The first-order valence-electron chi connectivity index (χ1n) is 6.42. The van der Waals surface area contributed by atoms with Gasteiger partial charge in [0.05, 0.1) is 11.1 Å². The lowest BCUT2D eigenvalue weighted by atomic mass is 9.96. The predicted octanol–water partition coefficient (Wildman–Crippen LogP) is 3.59. The highest BCUT2D eigenvalue weighted by Gasteiger charge is 2.17. The molecule has 0 N–H and O–H groups in total. The molecule has 1 heterocycles. The summed E-state index contributed by atoms with van der Waals surface area (Å²) in [6.07, 6.45) is 0. The second kappa shape index (κ2) is 4.89. The van der Waals surface area contributed by atoms with Crippen molar-refractivity contribution in [1.82, 2.24) is 4.98 Å². The average molecular weight is 253 g/mol. The Hall–Kier alpha value is -2.08. The standard InChI is InChI=1S/C16H19N3/c1-16(2,3)11-19(4)15-13(10-17)9-12-7-5-6-8-14(12)18-15/h5-9H,11H2,1-4H3. The van der Waals surface area contributed by atoms with Crippen molar-refractivity contribution in [2.45, 2.75) is 20.8 Å². The maximum atomic E-state index is 9.31. The van der Waals surface area contributed by atoms with Crippen LogP contribution < -0.4 is 4.90 Å². The monoisotopic (exact) mass is 253 g/mol. The van der Waals surface area contributed by atoms with Crippen LogP contribution in [0.4, 0.5) is 5.82 Å². The van der Waals surface area contributed by atoms with Gasteiger partial charge in [0.2, 0.25) is 0 Å². The summed E-state index contributed by atoms with van der Waals surface area (Å²) in [4.78, 5) is 6.69. The summed E-state index contributed by atoms with van der Waals surface area (Å²) >= 11 is 0. The van der Waals surface area contributed by atoms with Crippen molar-refractivity contribution in [2.75, 3.05) is 18.5 Å². The molecule has 0 saturated carbocycles. The fourth-order valence-corrected chi connectivity index (χ4v) is 2.27. The number of benzene rings is 1. The van der Waals surface area contributed by atoms with Crippen LogP contribution in [0, 0.1) is 16.7 Å². The number of nitrogens with zero attached hydrogens (tertiary/aromatic N) is 3. The maximum Gasteiger partial charge on any atom is 0.147 e. The maximum absolute atomic E-state index is 9.31. The molecule has 3 nitrogen and oxygen atoms in total. The fraction of sp³-hybridized carbons (Fsp3) is 0.375. The van der Waals surface area contributed by atoms with E-state index in [0.717, 1.165) is 23.3 Å². The number of anilines is 1. The zero-order chi connectivity index (χ0) is 14.0. The van der Waals surface area contributed by atoms with Crippen molar-refractivity contribution in [3.63, 3.8) is 0 Å². The second-order valence-corrected chi connectivity index (χ2v) is 6.08. The predicted molar refractivity (Wildman–Crippen MR) is 79.2 cm³/mol. The molecule has 0 saturated heterocycles. The molecule has 19 heavy (non-hydrogen) atoms. The Morgan fingerprint density at radius 1 is 1.26 bits per heavy atom. The van der Waals surface area contributed by atoms with Gasteiger partial charge in [0.25, 0.3) is 0 Å². The molecule has 0 aliphatic carbocycles. The Labute approximate surface area is 114 Å². The molecule has 0 aliphatic rings. The van der Waals surface area contributed by atoms with Crippen LogP contribution in [0.25, 0.3) is 10.9 Å². The fourth-order valence-electron chi connectivity index (χ4n) is 2.27. The van der Waals surface area contributed by atoms with Gasteiger partial charge in [0.1, 0.15) is 11.9 Å². The number of hydrogen-bond donors (Lipinski definition) is 0. The van der Waals surface area contributed by atoms with E-state index in [1.54, 1.807) is 0 Å². The number of rotatable bonds is 2. The van der Waals surface area contributed by atoms with Crippen molar-refractivity contribution in [1.29, 1.82) is 5.26 Å². The molecule has 0 amide bonds. The topological polar surface area (TPSA) is 39.9 Å². The molecule has 98 valence electrons. The molecule has 0 unspecified atom stereocenters. The molecule has 2 aromatic rings. The van der Waals surface area contributed by atoms with Crippen molar-refractivity contribution < 1.29 is 0 Å². The van der Waals surface area contributed by atoms with Crippen LogP contribution in [0.15, 0.2) is 30.3 Å². The summed E-state index contributed by atoms with van der Waals surface area (Å²) in [6, 6.07) is 12.1. The number of pyridine rings is 1. The van der Waals surface area contributed by atoms with E-state index in [0.29, 0.717) is 5.56 Å². The summed E-state index contributed by atoms with van der Waals surface area (Å²) in [6.45, 7) is 7.39. The minimum absolute atomic E-state index is 0.162. The highest BCUT2D eigenvalue weighted by atomic mass is 15.2. The van der Waals surface area contributed by atoms with Crippen LogP contribution in [-0.2, 0) is 0 Å². The van der Waals surface area contributed by atoms with Crippen LogP contribution in [0.2, 0.25) is 0 Å². The normalized spacial score (nSPS) is 11.3. The van der Waals surface area contributed by atoms with Crippen LogP contribution >= 0.6 is 0 Å². The summed E-state index contributed by atoms with van der Waals surface area (Å²) in [5.74, 6) is 0.760. The minimum atomic E-state index is 0.162. The Morgan fingerprint density at radius 3 is 2.58 bits per heavy atom. The number of aromatic nitrogens is 1. The van der Waals surface area contributed by atoms with E-state index in [4.69, 9.17) is 0 Å². The molecule has 0 aliphatic heterocycles. The van der Waals surface area contributed by atoms with E-state index in [-0.39, 0.29) is 5.41 Å². The van der Waals surface area contributed by atoms with E-state index >= 15 is 0 Å². The summed E-state index contributed by atoms with van der Waals surface area (Å²) < 4.78 is 0. The lowest BCUT2D eigenvalue weighted by Gasteiger charge is -2.28. The van der Waals surface area contributed by atoms with Gasteiger partial charge in [0, 0.05) is 19.0 Å². The van der Waals surface area contributed by atoms with Gasteiger partial charge in [-0.2, -0.15) is 5.26 Å². The van der Waals surface area contributed by atoms with Crippen LogP contribution in [0.3, 0.4) is 0 Å². The molecule has 0 fully saturated rings. The third-order valence-corrected chi connectivity index (χ3v) is 2.90. The summed E-state index contributed by atoms with van der Waals surface area (Å²) in [5, 5.41) is 10.3. The van der Waals surface area contributed by atoms with E-state index in [1.807, 2.05) is 37.4 Å². The molecule has 0 spiro atoms. The molecule has 0 atom stereocenters. The quantitative estimate of drug-likeness (QED) is 0.821. The van der Waals surface area contributed by atoms with E-state index in [9.17, 15) is 5.26 Å². The lowest BCUT2D eigenvalue weighted by molar-refractivity contribution is 0.418. The van der Waals surface area contributed by atoms with Crippen molar-refractivity contribution in [2.24, 2.45) is 5.41 Å². The largest absolute Gasteiger partial charge is 0.358 e. The Bertz CT molecular complexity index is 632. The second-order valence-electron chi connectivity index (χ2n) is 6.08. The highest BCUT2D eigenvalue weighted by Crippen LogP contribution is 2.25. The van der Waals surface area contributed by atoms with Gasteiger partial charge < -0.3 is 4.90 Å². The van der Waals surface area contributed by atoms with Gasteiger partial charge in [-0.25, -0.2) is 4.98 Å². The van der Waals surface area contributed by atoms with Gasteiger partial charge in [-0.05, 0) is 17.5 Å². The van der Waals surface area contributed by atoms with E-state index < -0.39 is 0 Å². The molecular weight excluding hydrogens is 234 g/mol. The lowest BCUT2D eigenvalue weighted by Crippen LogP contribution is -2.30. The minimum Gasteiger partial charge on any atom is -0.358 e. The van der Waals surface area contributed by atoms with E-state index in [1.165, 1.54) is 0 Å². The molecule has 0 radical (unpaired) electrons. The van der Waals surface area contributed by atoms with Crippen molar-refractivity contribution >= 4 is 16.7 Å². The van der Waals surface area contributed by atoms with Gasteiger partial charge in [-0.3, -0.25) is 0 Å². The van der Waals surface area contributed by atoms with Gasteiger partial charge in [-0.15, -0.1) is 0 Å². The van der Waals surface area contributed by atoms with Crippen LogP contribution in [0.1, 0.15) is 26.3 Å². The zero-order valence-corrected chi connectivity index (χ0v) is 11.9. The van der Waals surface area contributed by atoms with Gasteiger partial charge in [-0.1, -0.05) is 39.0 Å². The molecule has 1 aromatic heterocycles. The number of nitriles is 1. The number of hydrogen-bond acceptors (Lipinski definition) is 3. The SMILES string of the molecule is CN(CC(C)(C)C)c1nc2ccccc2cc1C#N. The third-order valence-electron chi connectivity index (χ3n) is 2.90. The van der Waals surface area contributed by atoms with Crippen LogP contribution in [0.5, 0.6) is 0 Å². The van der Waals surface area contributed by atoms with Crippen molar-refractivity contribution in [3.05, 3.63) is 35.9 Å². The summed E-state index contributed by atoms with van der Waals surface area (Å²) in [5.41, 5.74) is 1.72. The first-order valence-corrected chi connectivity index (χ1v) is 6.42. The third kappa shape index (κ3) is 3.03. The first kappa shape index (κ1) is 13.4.